The lowest BCUT2D eigenvalue weighted by atomic mass is 10.1. The second kappa shape index (κ2) is 8.99. The highest BCUT2D eigenvalue weighted by atomic mass is 16.7. The maximum Gasteiger partial charge on any atom is 0.200 e. The van der Waals surface area contributed by atoms with Gasteiger partial charge in [-0.2, -0.15) is 5.10 Å². The van der Waals surface area contributed by atoms with E-state index in [9.17, 15) is 0 Å². The normalized spacial score (nSPS) is 18.9. The predicted octanol–water partition coefficient (Wildman–Crippen LogP) is 3.90. The zero-order chi connectivity index (χ0) is 21.0. The Labute approximate surface area is 182 Å². The summed E-state index contributed by atoms with van der Waals surface area (Å²) in [5.74, 6) is 1.38. The fraction of sp³-hybridized carbons (Fsp3) is 0.375. The maximum atomic E-state index is 6.07. The molecule has 1 unspecified atom stereocenters. The van der Waals surface area contributed by atoms with Crippen molar-refractivity contribution in [2.24, 2.45) is 0 Å². The van der Waals surface area contributed by atoms with E-state index in [0.717, 1.165) is 62.7 Å². The molecule has 7 nitrogen and oxygen atoms in total. The fourth-order valence-electron chi connectivity index (χ4n) is 4.06. The van der Waals surface area contributed by atoms with E-state index in [1.165, 1.54) is 5.69 Å². The Morgan fingerprint density at radius 1 is 0.935 bits per heavy atom. The second-order valence-corrected chi connectivity index (χ2v) is 7.67. The Kier molecular flexibility index (Phi) is 5.78. The zero-order valence-electron chi connectivity index (χ0n) is 17.7. The summed E-state index contributed by atoms with van der Waals surface area (Å²) in [5.41, 5.74) is 4.20. The highest BCUT2D eigenvalue weighted by molar-refractivity contribution is 5.66. The average molecular weight is 421 g/mol. The molecular formula is C24H27N3O4. The third-order valence-electron chi connectivity index (χ3n) is 5.72. The van der Waals surface area contributed by atoms with Crippen molar-refractivity contribution in [1.82, 2.24) is 9.78 Å². The van der Waals surface area contributed by atoms with E-state index in [-0.39, 0.29) is 6.29 Å². The minimum absolute atomic E-state index is 0.221. The summed E-state index contributed by atoms with van der Waals surface area (Å²) in [5, 5.41) is 4.57. The number of hydrogen-bond acceptors (Lipinski definition) is 6. The molecule has 0 spiro atoms. The molecule has 2 aliphatic heterocycles. The molecule has 0 radical (unpaired) electrons. The van der Waals surface area contributed by atoms with Crippen molar-refractivity contribution in [1.29, 1.82) is 0 Å². The van der Waals surface area contributed by atoms with E-state index in [1.807, 2.05) is 35.1 Å². The topological polar surface area (TPSA) is 58.0 Å². The Morgan fingerprint density at radius 2 is 1.74 bits per heavy atom. The molecule has 2 aliphatic rings. The van der Waals surface area contributed by atoms with Crippen molar-refractivity contribution >= 4 is 5.69 Å². The number of morpholine rings is 1. The third-order valence-corrected chi connectivity index (χ3v) is 5.72. The van der Waals surface area contributed by atoms with Crippen molar-refractivity contribution in [3.63, 3.8) is 0 Å². The summed E-state index contributed by atoms with van der Waals surface area (Å²) in [4.78, 5) is 2.34. The maximum absolute atomic E-state index is 6.07. The number of anilines is 1. The summed E-state index contributed by atoms with van der Waals surface area (Å²) in [7, 11) is 1.65. The smallest absolute Gasteiger partial charge is 0.200 e. The van der Waals surface area contributed by atoms with Gasteiger partial charge in [-0.15, -0.1) is 0 Å². The number of hydrogen-bond donors (Lipinski definition) is 0. The van der Waals surface area contributed by atoms with Gasteiger partial charge in [0.1, 0.15) is 0 Å². The molecule has 0 amide bonds. The number of aromatic nitrogens is 2. The number of benzene rings is 2. The van der Waals surface area contributed by atoms with Gasteiger partial charge in [0, 0.05) is 30.8 Å². The minimum atomic E-state index is -0.221. The molecule has 1 atom stereocenters. The fourth-order valence-corrected chi connectivity index (χ4v) is 4.06. The van der Waals surface area contributed by atoms with Gasteiger partial charge in [-0.25, -0.2) is 4.68 Å². The lowest BCUT2D eigenvalue weighted by molar-refractivity contribution is -0.0402. The van der Waals surface area contributed by atoms with Crippen LogP contribution in [0.15, 0.2) is 54.7 Å². The highest BCUT2D eigenvalue weighted by Crippen LogP contribution is 2.35. The van der Waals surface area contributed by atoms with Gasteiger partial charge in [0.25, 0.3) is 0 Å². The highest BCUT2D eigenvalue weighted by Gasteiger charge is 2.20. The van der Waals surface area contributed by atoms with Crippen LogP contribution in [0.4, 0.5) is 5.69 Å². The van der Waals surface area contributed by atoms with Crippen LogP contribution in [0.25, 0.3) is 16.9 Å². The van der Waals surface area contributed by atoms with Crippen LogP contribution in [0.5, 0.6) is 11.5 Å². The van der Waals surface area contributed by atoms with Gasteiger partial charge in [0.2, 0.25) is 0 Å². The molecule has 1 aromatic heterocycles. The molecule has 162 valence electrons. The molecule has 5 rings (SSSR count). The van der Waals surface area contributed by atoms with Crippen LogP contribution in [0.2, 0.25) is 0 Å². The second-order valence-electron chi connectivity index (χ2n) is 7.67. The first-order chi connectivity index (χ1) is 15.3. The molecule has 0 bridgehead atoms. The first-order valence-corrected chi connectivity index (χ1v) is 10.8. The molecule has 2 saturated heterocycles. The first-order valence-electron chi connectivity index (χ1n) is 10.8. The Morgan fingerprint density at radius 3 is 2.48 bits per heavy atom. The van der Waals surface area contributed by atoms with Gasteiger partial charge in [0.15, 0.2) is 17.8 Å². The van der Waals surface area contributed by atoms with E-state index in [2.05, 4.69) is 34.3 Å². The van der Waals surface area contributed by atoms with Gasteiger partial charge in [-0.3, -0.25) is 0 Å². The first kappa shape index (κ1) is 19.9. The molecule has 31 heavy (non-hydrogen) atoms. The zero-order valence-corrected chi connectivity index (χ0v) is 17.7. The van der Waals surface area contributed by atoms with Crippen molar-refractivity contribution in [3.05, 3.63) is 54.7 Å². The lowest BCUT2D eigenvalue weighted by Gasteiger charge is -2.28. The summed E-state index contributed by atoms with van der Waals surface area (Å²) < 4.78 is 24.6. The summed E-state index contributed by atoms with van der Waals surface area (Å²) in [6.45, 7) is 4.13. The van der Waals surface area contributed by atoms with Crippen molar-refractivity contribution < 1.29 is 18.9 Å². The van der Waals surface area contributed by atoms with Crippen LogP contribution >= 0.6 is 0 Å². The summed E-state index contributed by atoms with van der Waals surface area (Å²) in [6, 6.07) is 16.5. The van der Waals surface area contributed by atoms with Gasteiger partial charge >= 0.3 is 0 Å². The molecule has 3 aromatic rings. The quantitative estimate of drug-likeness (QED) is 0.602. The van der Waals surface area contributed by atoms with Crippen LogP contribution in [0, 0.1) is 0 Å². The van der Waals surface area contributed by atoms with Gasteiger partial charge in [-0.05, 0) is 55.0 Å². The van der Waals surface area contributed by atoms with Crippen LogP contribution in [0.1, 0.15) is 12.8 Å². The number of methoxy groups -OCH3 is 1. The number of nitrogens with zero attached hydrogens (tertiary/aromatic N) is 3. The van der Waals surface area contributed by atoms with Gasteiger partial charge < -0.3 is 23.8 Å². The SMILES string of the molecule is COc1ccc(-c2ccnn2-c2ccc(N3CCOCC3)cc2)cc1OC1CCCO1. The molecule has 0 saturated carbocycles. The van der Waals surface area contributed by atoms with E-state index in [0.29, 0.717) is 11.5 Å². The Bertz CT molecular complexity index is 1010. The van der Waals surface area contributed by atoms with Crippen molar-refractivity contribution in [2.45, 2.75) is 19.1 Å². The summed E-state index contributed by atoms with van der Waals surface area (Å²) >= 11 is 0. The van der Waals surface area contributed by atoms with Gasteiger partial charge in [-0.1, -0.05) is 0 Å². The molecule has 2 fully saturated rings. The largest absolute Gasteiger partial charge is 0.493 e. The molecule has 7 heteroatoms. The molecule has 2 aromatic carbocycles. The van der Waals surface area contributed by atoms with Crippen molar-refractivity contribution in [2.75, 3.05) is 44.9 Å². The lowest BCUT2D eigenvalue weighted by Crippen LogP contribution is -2.36. The molecular weight excluding hydrogens is 394 g/mol. The predicted molar refractivity (Wildman–Crippen MR) is 118 cm³/mol. The minimum Gasteiger partial charge on any atom is -0.493 e. The van der Waals surface area contributed by atoms with E-state index < -0.39 is 0 Å². The number of rotatable bonds is 6. The van der Waals surface area contributed by atoms with Crippen LogP contribution < -0.4 is 14.4 Å². The Hall–Kier alpha value is -3.03. The average Bonchev–Trinajstić information content (AvgIpc) is 3.52. The van der Waals surface area contributed by atoms with Crippen LogP contribution in [-0.2, 0) is 9.47 Å². The number of ether oxygens (including phenoxy) is 4. The van der Waals surface area contributed by atoms with Crippen molar-refractivity contribution in [3.8, 4) is 28.4 Å². The third kappa shape index (κ3) is 4.24. The molecule has 3 heterocycles. The Balaban J connectivity index is 1.42. The van der Waals surface area contributed by atoms with E-state index >= 15 is 0 Å². The summed E-state index contributed by atoms with van der Waals surface area (Å²) in [6.07, 6.45) is 3.50. The monoisotopic (exact) mass is 421 g/mol. The van der Waals surface area contributed by atoms with E-state index in [1.54, 1.807) is 7.11 Å². The van der Waals surface area contributed by atoms with E-state index in [4.69, 9.17) is 18.9 Å². The molecule has 0 N–H and O–H groups in total. The van der Waals surface area contributed by atoms with Gasteiger partial charge in [0.05, 0.1) is 44.5 Å². The van der Waals surface area contributed by atoms with Crippen LogP contribution in [0.3, 0.4) is 0 Å². The standard InChI is InChI=1S/C24H27N3O4/c1-28-22-9-4-18(17-23(22)31-24-3-2-14-30-24)21-10-11-25-27(21)20-7-5-19(6-8-20)26-12-15-29-16-13-26/h4-11,17,24H,2-3,12-16H2,1H3. The van der Waals surface area contributed by atoms with Crippen LogP contribution in [-0.4, -0.2) is 56.1 Å². The molecule has 0 aliphatic carbocycles.